The largest absolute Gasteiger partial charge is 0.416 e. The summed E-state index contributed by atoms with van der Waals surface area (Å²) in [6.45, 7) is 0. The summed E-state index contributed by atoms with van der Waals surface area (Å²) < 4.78 is 38.9. The standard InChI is InChI=1S/C13H9BrF3N3S/c14-8-2-4-11(20-6-8)21-10-3-1-7(13(15,16)17)5-9(10)12(18)19/h1-6H,(H3,18,19). The molecule has 0 aliphatic rings. The minimum absolute atomic E-state index is 0.0412. The summed E-state index contributed by atoms with van der Waals surface area (Å²) in [6.07, 6.45) is -2.89. The van der Waals surface area contributed by atoms with Crippen molar-refractivity contribution in [3.63, 3.8) is 0 Å². The van der Waals surface area contributed by atoms with Crippen LogP contribution >= 0.6 is 27.7 Å². The van der Waals surface area contributed by atoms with Crippen LogP contribution in [0.3, 0.4) is 0 Å². The average Bonchev–Trinajstić information content (AvgIpc) is 2.40. The molecule has 0 atom stereocenters. The van der Waals surface area contributed by atoms with Crippen LogP contribution in [0.15, 0.2) is 50.9 Å². The highest BCUT2D eigenvalue weighted by Gasteiger charge is 2.31. The van der Waals surface area contributed by atoms with Gasteiger partial charge < -0.3 is 5.73 Å². The Morgan fingerprint density at radius 1 is 1.24 bits per heavy atom. The molecule has 21 heavy (non-hydrogen) atoms. The highest BCUT2D eigenvalue weighted by atomic mass is 79.9. The zero-order valence-electron chi connectivity index (χ0n) is 10.4. The van der Waals surface area contributed by atoms with Crippen LogP contribution in [-0.4, -0.2) is 10.8 Å². The highest BCUT2D eigenvalue weighted by molar-refractivity contribution is 9.10. The van der Waals surface area contributed by atoms with Gasteiger partial charge >= 0.3 is 6.18 Å². The van der Waals surface area contributed by atoms with Crippen molar-refractivity contribution in [1.82, 2.24) is 4.98 Å². The van der Waals surface area contributed by atoms with Gasteiger partial charge in [-0.3, -0.25) is 5.41 Å². The Balaban J connectivity index is 2.39. The number of nitrogens with one attached hydrogen (secondary N) is 1. The van der Waals surface area contributed by atoms with Gasteiger partial charge in [0.25, 0.3) is 0 Å². The Morgan fingerprint density at radius 3 is 2.48 bits per heavy atom. The molecule has 0 radical (unpaired) electrons. The summed E-state index contributed by atoms with van der Waals surface area (Å²) in [5.41, 5.74) is 4.59. The van der Waals surface area contributed by atoms with E-state index in [1.54, 1.807) is 18.3 Å². The molecule has 1 heterocycles. The smallest absolute Gasteiger partial charge is 0.384 e. The number of halogens is 4. The van der Waals surface area contributed by atoms with E-state index in [0.717, 1.165) is 28.4 Å². The first-order chi connectivity index (χ1) is 9.77. The summed E-state index contributed by atoms with van der Waals surface area (Å²) in [5, 5.41) is 8.04. The van der Waals surface area contributed by atoms with Gasteiger partial charge in [-0.2, -0.15) is 13.2 Å². The lowest BCUT2D eigenvalue weighted by atomic mass is 10.1. The van der Waals surface area contributed by atoms with E-state index >= 15 is 0 Å². The summed E-state index contributed by atoms with van der Waals surface area (Å²) in [4.78, 5) is 4.58. The fourth-order valence-electron chi connectivity index (χ4n) is 1.54. The third-order valence-corrected chi connectivity index (χ3v) is 4.01. The van der Waals surface area contributed by atoms with Gasteiger partial charge in [0.15, 0.2) is 0 Å². The molecule has 0 unspecified atom stereocenters. The van der Waals surface area contributed by atoms with Crippen molar-refractivity contribution in [2.75, 3.05) is 0 Å². The number of hydrogen-bond acceptors (Lipinski definition) is 3. The summed E-state index contributed by atoms with van der Waals surface area (Å²) in [6, 6.07) is 6.63. The molecule has 0 fully saturated rings. The monoisotopic (exact) mass is 375 g/mol. The summed E-state index contributed by atoms with van der Waals surface area (Å²) >= 11 is 4.40. The van der Waals surface area contributed by atoms with Crippen LogP contribution < -0.4 is 5.73 Å². The summed E-state index contributed by atoms with van der Waals surface area (Å²) in [5.74, 6) is -0.416. The topological polar surface area (TPSA) is 62.8 Å². The molecule has 0 aliphatic carbocycles. The summed E-state index contributed by atoms with van der Waals surface area (Å²) in [7, 11) is 0. The van der Waals surface area contributed by atoms with Crippen LogP contribution in [0, 0.1) is 5.41 Å². The van der Waals surface area contributed by atoms with Crippen LogP contribution in [-0.2, 0) is 6.18 Å². The van der Waals surface area contributed by atoms with Gasteiger partial charge in [-0.1, -0.05) is 11.8 Å². The van der Waals surface area contributed by atoms with Crippen LogP contribution in [0.1, 0.15) is 11.1 Å². The van der Waals surface area contributed by atoms with Crippen molar-refractivity contribution in [1.29, 1.82) is 5.41 Å². The Bertz CT molecular complexity index is 671. The van der Waals surface area contributed by atoms with Crippen molar-refractivity contribution in [2.45, 2.75) is 16.1 Å². The number of hydrogen-bond donors (Lipinski definition) is 2. The maximum atomic E-state index is 12.7. The number of pyridine rings is 1. The van der Waals surface area contributed by atoms with E-state index in [9.17, 15) is 13.2 Å². The molecular formula is C13H9BrF3N3S. The molecule has 1 aromatic carbocycles. The maximum absolute atomic E-state index is 12.7. The zero-order valence-corrected chi connectivity index (χ0v) is 12.8. The molecule has 3 N–H and O–H groups in total. The van der Waals surface area contributed by atoms with Gasteiger partial charge in [-0.15, -0.1) is 0 Å². The second kappa shape index (κ2) is 6.07. The van der Waals surface area contributed by atoms with Crippen molar-refractivity contribution >= 4 is 33.5 Å². The number of rotatable bonds is 3. The lowest BCUT2D eigenvalue weighted by Crippen LogP contribution is -2.15. The van der Waals surface area contributed by atoms with Crippen molar-refractivity contribution in [3.05, 3.63) is 52.1 Å². The maximum Gasteiger partial charge on any atom is 0.416 e. The normalized spacial score (nSPS) is 11.4. The predicted octanol–water partition coefficient (Wildman–Crippen LogP) is 4.30. The fourth-order valence-corrected chi connectivity index (χ4v) is 2.66. The number of nitrogens with zero attached hydrogens (tertiary/aromatic N) is 1. The minimum atomic E-state index is -4.47. The minimum Gasteiger partial charge on any atom is -0.384 e. The lowest BCUT2D eigenvalue weighted by Gasteiger charge is -2.12. The molecular weight excluding hydrogens is 367 g/mol. The van der Waals surface area contributed by atoms with E-state index in [2.05, 4.69) is 20.9 Å². The molecule has 0 bridgehead atoms. The first-order valence-corrected chi connectivity index (χ1v) is 7.23. The Labute approximate surface area is 131 Å². The van der Waals surface area contributed by atoms with Gasteiger partial charge in [-0.25, -0.2) is 4.98 Å². The Kier molecular flexibility index (Phi) is 4.58. The van der Waals surface area contributed by atoms with Gasteiger partial charge in [0.2, 0.25) is 0 Å². The van der Waals surface area contributed by atoms with Crippen molar-refractivity contribution < 1.29 is 13.2 Å². The average molecular weight is 376 g/mol. The third-order valence-electron chi connectivity index (χ3n) is 2.51. The van der Waals surface area contributed by atoms with E-state index in [1.807, 2.05) is 0 Å². The van der Waals surface area contributed by atoms with E-state index in [1.165, 1.54) is 6.07 Å². The van der Waals surface area contributed by atoms with E-state index < -0.39 is 17.6 Å². The molecule has 0 aliphatic heterocycles. The molecule has 0 amide bonds. The second-order valence-electron chi connectivity index (χ2n) is 4.04. The molecule has 0 saturated heterocycles. The highest BCUT2D eigenvalue weighted by Crippen LogP contribution is 2.35. The van der Waals surface area contributed by atoms with Gasteiger partial charge in [-0.05, 0) is 46.3 Å². The predicted molar refractivity (Wildman–Crippen MR) is 78.5 cm³/mol. The second-order valence-corrected chi connectivity index (χ2v) is 6.02. The van der Waals surface area contributed by atoms with Crippen LogP contribution in [0.5, 0.6) is 0 Å². The number of nitrogens with two attached hydrogens (primary N) is 1. The van der Waals surface area contributed by atoms with Crippen LogP contribution in [0.2, 0.25) is 0 Å². The number of nitrogen functional groups attached to an aromatic ring is 1. The van der Waals surface area contributed by atoms with Gasteiger partial charge in [0.05, 0.1) is 5.56 Å². The number of benzene rings is 1. The van der Waals surface area contributed by atoms with Crippen LogP contribution in [0.25, 0.3) is 0 Å². The zero-order chi connectivity index (χ0) is 15.6. The fraction of sp³-hybridized carbons (Fsp3) is 0.0769. The SMILES string of the molecule is N=C(N)c1cc(C(F)(F)F)ccc1Sc1ccc(Br)cn1. The number of alkyl halides is 3. The van der Waals surface area contributed by atoms with E-state index in [0.29, 0.717) is 9.92 Å². The Hall–Kier alpha value is -1.54. The first kappa shape index (κ1) is 15.8. The molecule has 8 heteroatoms. The molecule has 2 rings (SSSR count). The molecule has 110 valence electrons. The van der Waals surface area contributed by atoms with Crippen LogP contribution in [0.4, 0.5) is 13.2 Å². The molecule has 3 nitrogen and oxygen atoms in total. The van der Waals surface area contributed by atoms with Gasteiger partial charge in [0.1, 0.15) is 10.9 Å². The molecule has 0 spiro atoms. The third kappa shape index (κ3) is 3.98. The van der Waals surface area contributed by atoms with E-state index in [-0.39, 0.29) is 5.56 Å². The molecule has 2 aromatic rings. The molecule has 0 saturated carbocycles. The Morgan fingerprint density at radius 2 is 1.95 bits per heavy atom. The number of amidine groups is 1. The number of aromatic nitrogens is 1. The van der Waals surface area contributed by atoms with Crippen molar-refractivity contribution in [3.8, 4) is 0 Å². The van der Waals surface area contributed by atoms with Crippen molar-refractivity contribution in [2.24, 2.45) is 5.73 Å². The quantitative estimate of drug-likeness (QED) is 0.620. The lowest BCUT2D eigenvalue weighted by molar-refractivity contribution is -0.137. The first-order valence-electron chi connectivity index (χ1n) is 5.62. The van der Waals surface area contributed by atoms with E-state index in [4.69, 9.17) is 11.1 Å². The van der Waals surface area contributed by atoms with Gasteiger partial charge in [0, 0.05) is 21.1 Å². The molecule has 1 aromatic heterocycles.